The van der Waals surface area contributed by atoms with E-state index >= 15 is 0 Å². The topological polar surface area (TPSA) is 27.1 Å². The number of hydrogen-bond donors (Lipinski definition) is 0. The lowest BCUT2D eigenvalue weighted by atomic mass is 10.1. The molecule has 68 valence electrons. The Labute approximate surface area is 73.3 Å². The number of aromatic nitrogens is 2. The molecule has 0 aliphatic carbocycles. The van der Waals surface area contributed by atoms with E-state index in [0.717, 1.165) is 6.61 Å². The van der Waals surface area contributed by atoms with E-state index in [9.17, 15) is 0 Å². The zero-order chi connectivity index (χ0) is 8.97. The van der Waals surface area contributed by atoms with Crippen molar-refractivity contribution in [3.8, 4) is 0 Å². The van der Waals surface area contributed by atoms with Crippen LogP contribution in [0.25, 0.3) is 0 Å². The van der Waals surface area contributed by atoms with Crippen molar-refractivity contribution < 1.29 is 4.74 Å². The fraction of sp³-hybridized carbons (Fsp3) is 0.667. The molecule has 3 nitrogen and oxygen atoms in total. The van der Waals surface area contributed by atoms with Crippen molar-refractivity contribution in [2.75, 3.05) is 13.7 Å². The fourth-order valence-corrected chi connectivity index (χ4v) is 1.22. The van der Waals surface area contributed by atoms with E-state index in [1.165, 1.54) is 0 Å². The van der Waals surface area contributed by atoms with E-state index in [1.54, 1.807) is 13.3 Å². The van der Waals surface area contributed by atoms with Crippen LogP contribution in [-0.2, 0) is 4.74 Å². The van der Waals surface area contributed by atoms with Gasteiger partial charge in [-0.25, -0.2) is 0 Å². The maximum Gasteiger partial charge on any atom is 0.0775 e. The van der Waals surface area contributed by atoms with Crippen molar-refractivity contribution in [3.05, 3.63) is 18.5 Å². The van der Waals surface area contributed by atoms with Gasteiger partial charge in [0.15, 0.2) is 0 Å². The summed E-state index contributed by atoms with van der Waals surface area (Å²) >= 11 is 0. The van der Waals surface area contributed by atoms with Crippen LogP contribution in [0.3, 0.4) is 0 Å². The van der Waals surface area contributed by atoms with Crippen molar-refractivity contribution in [1.82, 2.24) is 9.78 Å². The van der Waals surface area contributed by atoms with E-state index in [2.05, 4.69) is 18.9 Å². The van der Waals surface area contributed by atoms with Crippen LogP contribution in [0.15, 0.2) is 18.5 Å². The standard InChI is InChI=1S/C9H16N2O/c1-8(2)9(7-12-3)11-6-4-5-10-11/h4-6,8-9H,7H2,1-3H3/t9-/m1/s1. The molecule has 3 heteroatoms. The summed E-state index contributed by atoms with van der Waals surface area (Å²) in [7, 11) is 1.72. The molecule has 0 unspecified atom stereocenters. The molecule has 12 heavy (non-hydrogen) atoms. The third-order valence-electron chi connectivity index (χ3n) is 1.97. The first-order valence-corrected chi connectivity index (χ1v) is 4.23. The van der Waals surface area contributed by atoms with Gasteiger partial charge >= 0.3 is 0 Å². The molecule has 1 rings (SSSR count). The van der Waals surface area contributed by atoms with Gasteiger partial charge in [0.1, 0.15) is 0 Å². The lowest BCUT2D eigenvalue weighted by Gasteiger charge is -2.20. The molecule has 0 aromatic carbocycles. The monoisotopic (exact) mass is 168 g/mol. The zero-order valence-corrected chi connectivity index (χ0v) is 7.90. The second-order valence-corrected chi connectivity index (χ2v) is 3.25. The predicted octanol–water partition coefficient (Wildman–Crippen LogP) is 1.73. The summed E-state index contributed by atoms with van der Waals surface area (Å²) in [5, 5.41) is 4.19. The summed E-state index contributed by atoms with van der Waals surface area (Å²) < 4.78 is 7.08. The van der Waals surface area contributed by atoms with Gasteiger partial charge in [0.2, 0.25) is 0 Å². The first kappa shape index (κ1) is 9.26. The van der Waals surface area contributed by atoms with Gasteiger partial charge in [-0.15, -0.1) is 0 Å². The Morgan fingerprint density at radius 2 is 2.25 bits per heavy atom. The molecule has 0 N–H and O–H groups in total. The Morgan fingerprint density at radius 3 is 2.67 bits per heavy atom. The van der Waals surface area contributed by atoms with E-state index in [-0.39, 0.29) is 0 Å². The summed E-state index contributed by atoms with van der Waals surface area (Å²) in [6.07, 6.45) is 3.77. The van der Waals surface area contributed by atoms with Crippen LogP contribution in [0.4, 0.5) is 0 Å². The number of hydrogen-bond acceptors (Lipinski definition) is 2. The van der Waals surface area contributed by atoms with Crippen LogP contribution in [0.1, 0.15) is 19.9 Å². The van der Waals surface area contributed by atoms with Gasteiger partial charge in [-0.1, -0.05) is 13.8 Å². The number of nitrogens with zero attached hydrogens (tertiary/aromatic N) is 2. The van der Waals surface area contributed by atoms with Crippen LogP contribution >= 0.6 is 0 Å². The lowest BCUT2D eigenvalue weighted by molar-refractivity contribution is 0.126. The molecule has 1 heterocycles. The highest BCUT2D eigenvalue weighted by atomic mass is 16.5. The molecular formula is C9H16N2O. The number of rotatable bonds is 4. The van der Waals surface area contributed by atoms with E-state index in [1.807, 2.05) is 16.9 Å². The molecule has 0 aliphatic rings. The lowest BCUT2D eigenvalue weighted by Crippen LogP contribution is -2.20. The quantitative estimate of drug-likeness (QED) is 0.684. The molecular weight excluding hydrogens is 152 g/mol. The summed E-state index contributed by atoms with van der Waals surface area (Å²) in [5.74, 6) is 0.546. The molecule has 0 saturated carbocycles. The minimum absolute atomic E-state index is 0.352. The number of ether oxygens (including phenoxy) is 1. The predicted molar refractivity (Wildman–Crippen MR) is 48.0 cm³/mol. The molecule has 1 aromatic rings. The summed E-state index contributed by atoms with van der Waals surface area (Å²) in [4.78, 5) is 0. The Bertz CT molecular complexity index is 206. The van der Waals surface area contributed by atoms with Crippen LogP contribution in [0, 0.1) is 5.92 Å². The second-order valence-electron chi connectivity index (χ2n) is 3.25. The van der Waals surface area contributed by atoms with Crippen LogP contribution < -0.4 is 0 Å². The highest BCUT2D eigenvalue weighted by molar-refractivity contribution is 4.82. The van der Waals surface area contributed by atoms with Crippen molar-refractivity contribution in [2.45, 2.75) is 19.9 Å². The van der Waals surface area contributed by atoms with Gasteiger partial charge in [0.25, 0.3) is 0 Å². The Hall–Kier alpha value is -0.830. The Morgan fingerprint density at radius 1 is 1.50 bits per heavy atom. The summed E-state index contributed by atoms with van der Waals surface area (Å²) in [5.41, 5.74) is 0. The van der Waals surface area contributed by atoms with E-state index in [0.29, 0.717) is 12.0 Å². The minimum Gasteiger partial charge on any atom is -0.382 e. The second kappa shape index (κ2) is 4.26. The van der Waals surface area contributed by atoms with Crippen molar-refractivity contribution >= 4 is 0 Å². The van der Waals surface area contributed by atoms with Crippen LogP contribution in [0.5, 0.6) is 0 Å². The largest absolute Gasteiger partial charge is 0.382 e. The minimum atomic E-state index is 0.352. The van der Waals surface area contributed by atoms with Gasteiger partial charge < -0.3 is 4.74 Å². The SMILES string of the molecule is COC[C@H](C(C)C)n1cccn1. The van der Waals surface area contributed by atoms with Gasteiger partial charge in [0, 0.05) is 19.5 Å². The maximum absolute atomic E-state index is 5.13. The molecule has 0 saturated heterocycles. The smallest absolute Gasteiger partial charge is 0.0775 e. The van der Waals surface area contributed by atoms with E-state index < -0.39 is 0 Å². The highest BCUT2D eigenvalue weighted by Crippen LogP contribution is 2.15. The van der Waals surface area contributed by atoms with Crippen LogP contribution in [0.2, 0.25) is 0 Å². The zero-order valence-electron chi connectivity index (χ0n) is 7.90. The van der Waals surface area contributed by atoms with Crippen LogP contribution in [-0.4, -0.2) is 23.5 Å². The maximum atomic E-state index is 5.13. The normalized spacial score (nSPS) is 13.7. The molecule has 0 spiro atoms. The molecule has 0 amide bonds. The third kappa shape index (κ3) is 2.08. The third-order valence-corrected chi connectivity index (χ3v) is 1.97. The Balaban J connectivity index is 2.66. The first-order valence-electron chi connectivity index (χ1n) is 4.23. The fourth-order valence-electron chi connectivity index (χ4n) is 1.22. The van der Waals surface area contributed by atoms with Gasteiger partial charge in [-0.05, 0) is 12.0 Å². The average Bonchev–Trinajstić information content (AvgIpc) is 2.51. The highest BCUT2D eigenvalue weighted by Gasteiger charge is 2.14. The van der Waals surface area contributed by atoms with Crippen molar-refractivity contribution in [3.63, 3.8) is 0 Å². The first-order chi connectivity index (χ1) is 5.75. The molecule has 1 aromatic heterocycles. The summed E-state index contributed by atoms with van der Waals surface area (Å²) in [6.45, 7) is 5.07. The van der Waals surface area contributed by atoms with Gasteiger partial charge in [-0.2, -0.15) is 5.10 Å². The van der Waals surface area contributed by atoms with Crippen molar-refractivity contribution in [1.29, 1.82) is 0 Å². The average molecular weight is 168 g/mol. The Kier molecular flexibility index (Phi) is 3.29. The molecule has 0 aliphatic heterocycles. The van der Waals surface area contributed by atoms with Crippen molar-refractivity contribution in [2.24, 2.45) is 5.92 Å². The number of methoxy groups -OCH3 is 1. The summed E-state index contributed by atoms with van der Waals surface area (Å²) in [6, 6.07) is 2.29. The molecule has 1 atom stereocenters. The molecule has 0 fully saturated rings. The van der Waals surface area contributed by atoms with E-state index in [4.69, 9.17) is 4.74 Å². The van der Waals surface area contributed by atoms with Gasteiger partial charge in [0.05, 0.1) is 12.6 Å². The molecule has 0 radical (unpaired) electrons. The molecule has 0 bridgehead atoms. The van der Waals surface area contributed by atoms with Gasteiger partial charge in [-0.3, -0.25) is 4.68 Å².